The first-order valence-corrected chi connectivity index (χ1v) is 9.87. The molecule has 0 aliphatic heterocycles. The average molecular weight is 401 g/mol. The Balaban J connectivity index is 1.59. The molecular weight excluding hydrogens is 382 g/mol. The zero-order valence-electron chi connectivity index (χ0n) is 14.2. The first-order valence-electron chi connectivity index (χ1n) is 8.34. The molecule has 0 bridgehead atoms. The number of hydrogen-bond donors (Lipinski definition) is 0. The SMILES string of the molecule is CCN(C(=O)CCSCC1CC1(F)F)c1cn(-c2cccnc2)nc1Cl. The van der Waals surface area contributed by atoms with Gasteiger partial charge in [0.15, 0.2) is 5.15 Å². The predicted molar refractivity (Wildman–Crippen MR) is 99.4 cm³/mol. The van der Waals surface area contributed by atoms with Crippen molar-refractivity contribution in [2.45, 2.75) is 25.7 Å². The molecule has 9 heteroatoms. The molecule has 1 unspecified atom stereocenters. The third kappa shape index (κ3) is 4.35. The fraction of sp³-hybridized carbons (Fsp3) is 0.471. The molecule has 26 heavy (non-hydrogen) atoms. The minimum atomic E-state index is -2.50. The predicted octanol–water partition coefficient (Wildman–Crippen LogP) is 4.05. The first kappa shape index (κ1) is 19.1. The van der Waals surface area contributed by atoms with Gasteiger partial charge in [-0.2, -0.15) is 16.9 Å². The summed E-state index contributed by atoms with van der Waals surface area (Å²) in [5.41, 5.74) is 1.27. The summed E-state index contributed by atoms with van der Waals surface area (Å²) >= 11 is 7.61. The Morgan fingerprint density at radius 2 is 2.31 bits per heavy atom. The van der Waals surface area contributed by atoms with Crippen molar-refractivity contribution in [2.24, 2.45) is 5.92 Å². The highest BCUT2D eigenvalue weighted by Gasteiger charge is 2.56. The maximum absolute atomic E-state index is 12.9. The molecule has 2 aromatic heterocycles. The van der Waals surface area contributed by atoms with Crippen molar-refractivity contribution in [1.82, 2.24) is 14.8 Å². The smallest absolute Gasteiger partial charge is 0.252 e. The fourth-order valence-electron chi connectivity index (χ4n) is 2.60. The van der Waals surface area contributed by atoms with Crippen molar-refractivity contribution in [2.75, 3.05) is 23.0 Å². The molecule has 0 aromatic carbocycles. The zero-order valence-corrected chi connectivity index (χ0v) is 15.8. The summed E-state index contributed by atoms with van der Waals surface area (Å²) < 4.78 is 27.3. The molecule has 1 amide bonds. The maximum atomic E-state index is 12.9. The van der Waals surface area contributed by atoms with Crippen LogP contribution in [0.2, 0.25) is 5.15 Å². The summed E-state index contributed by atoms with van der Waals surface area (Å²) in [5, 5.41) is 4.47. The number of hydrogen-bond acceptors (Lipinski definition) is 4. The molecule has 3 rings (SSSR count). The van der Waals surface area contributed by atoms with Crippen LogP contribution in [-0.4, -0.2) is 44.6 Å². The Morgan fingerprint density at radius 3 is 2.92 bits per heavy atom. The Morgan fingerprint density at radius 1 is 1.54 bits per heavy atom. The topological polar surface area (TPSA) is 51.0 Å². The van der Waals surface area contributed by atoms with Gasteiger partial charge in [0.2, 0.25) is 5.91 Å². The van der Waals surface area contributed by atoms with Gasteiger partial charge < -0.3 is 4.90 Å². The number of amides is 1. The summed E-state index contributed by atoms with van der Waals surface area (Å²) in [6.07, 6.45) is 5.24. The molecule has 1 saturated carbocycles. The van der Waals surface area contributed by atoms with Gasteiger partial charge in [0.25, 0.3) is 5.92 Å². The van der Waals surface area contributed by atoms with Crippen LogP contribution in [0.4, 0.5) is 14.5 Å². The second-order valence-electron chi connectivity index (χ2n) is 6.09. The molecule has 1 fully saturated rings. The molecule has 1 aliphatic carbocycles. The van der Waals surface area contributed by atoms with Crippen LogP contribution >= 0.6 is 23.4 Å². The molecule has 140 valence electrons. The summed E-state index contributed by atoms with van der Waals surface area (Å²) in [6.45, 7) is 2.30. The summed E-state index contributed by atoms with van der Waals surface area (Å²) in [6, 6.07) is 3.62. The van der Waals surface area contributed by atoms with Crippen LogP contribution in [0.3, 0.4) is 0 Å². The number of rotatable bonds is 8. The highest BCUT2D eigenvalue weighted by Crippen LogP contribution is 2.50. The molecule has 0 N–H and O–H groups in total. The van der Waals surface area contributed by atoms with Crippen LogP contribution in [0.5, 0.6) is 0 Å². The number of alkyl halides is 2. The van der Waals surface area contributed by atoms with E-state index in [2.05, 4.69) is 10.1 Å². The van der Waals surface area contributed by atoms with Crippen molar-refractivity contribution in [1.29, 1.82) is 0 Å². The Kier molecular flexibility index (Phi) is 5.82. The van der Waals surface area contributed by atoms with E-state index in [0.717, 1.165) is 5.69 Å². The third-order valence-corrected chi connectivity index (χ3v) is 5.61. The Labute approximate surface area is 159 Å². The summed E-state index contributed by atoms with van der Waals surface area (Å²) in [5.74, 6) is -2.23. The first-order chi connectivity index (χ1) is 12.4. The highest BCUT2D eigenvalue weighted by atomic mass is 35.5. The van der Waals surface area contributed by atoms with E-state index in [-0.39, 0.29) is 23.9 Å². The number of pyridine rings is 1. The maximum Gasteiger partial charge on any atom is 0.252 e. The minimum Gasteiger partial charge on any atom is -0.308 e. The number of aromatic nitrogens is 3. The number of halogens is 3. The molecule has 0 spiro atoms. The molecule has 2 heterocycles. The third-order valence-electron chi connectivity index (χ3n) is 4.21. The lowest BCUT2D eigenvalue weighted by molar-refractivity contribution is -0.118. The molecule has 0 saturated heterocycles. The number of thioether (sulfide) groups is 1. The molecule has 1 atom stereocenters. The molecule has 1 aliphatic rings. The zero-order chi connectivity index (χ0) is 18.7. The van der Waals surface area contributed by atoms with E-state index < -0.39 is 11.8 Å². The van der Waals surface area contributed by atoms with Gasteiger partial charge >= 0.3 is 0 Å². The van der Waals surface area contributed by atoms with Crippen LogP contribution in [0.15, 0.2) is 30.7 Å². The van der Waals surface area contributed by atoms with Gasteiger partial charge in [-0.25, -0.2) is 13.5 Å². The molecule has 2 aromatic rings. The van der Waals surface area contributed by atoms with E-state index in [9.17, 15) is 13.6 Å². The van der Waals surface area contributed by atoms with Gasteiger partial charge in [0.1, 0.15) is 5.69 Å². The van der Waals surface area contributed by atoms with E-state index in [1.807, 2.05) is 13.0 Å². The van der Waals surface area contributed by atoms with Gasteiger partial charge in [0, 0.05) is 43.0 Å². The van der Waals surface area contributed by atoms with E-state index in [1.54, 1.807) is 34.2 Å². The molecular formula is C17H19ClF2N4OS. The van der Waals surface area contributed by atoms with Gasteiger partial charge in [0.05, 0.1) is 18.1 Å². The fourth-order valence-corrected chi connectivity index (χ4v) is 3.96. The van der Waals surface area contributed by atoms with Crippen molar-refractivity contribution in [3.8, 4) is 5.69 Å². The van der Waals surface area contributed by atoms with Gasteiger partial charge in [-0.15, -0.1) is 0 Å². The van der Waals surface area contributed by atoms with E-state index in [0.29, 0.717) is 23.7 Å². The van der Waals surface area contributed by atoms with Gasteiger partial charge in [-0.1, -0.05) is 11.6 Å². The Bertz CT molecular complexity index is 771. The standard InChI is InChI=1S/C17H19ClF2N4OS/c1-2-23(15(25)5-7-26-11-12-8-17(12,19)20)14-10-24(22-16(14)18)13-4-3-6-21-9-13/h3-4,6,9-10,12H,2,5,7-8,11H2,1H3. The summed E-state index contributed by atoms with van der Waals surface area (Å²) in [4.78, 5) is 18.1. The van der Waals surface area contributed by atoms with Gasteiger partial charge in [-0.05, 0) is 19.1 Å². The normalized spacial score (nSPS) is 17.9. The van der Waals surface area contributed by atoms with Crippen molar-refractivity contribution in [3.63, 3.8) is 0 Å². The highest BCUT2D eigenvalue weighted by molar-refractivity contribution is 7.99. The van der Waals surface area contributed by atoms with Crippen molar-refractivity contribution < 1.29 is 13.6 Å². The second kappa shape index (κ2) is 7.92. The average Bonchev–Trinajstić information content (AvgIpc) is 3.05. The van der Waals surface area contributed by atoms with E-state index in [1.165, 1.54) is 11.8 Å². The number of carbonyl (C=O) groups is 1. The lowest BCUT2D eigenvalue weighted by atomic mass is 10.3. The largest absolute Gasteiger partial charge is 0.308 e. The second-order valence-corrected chi connectivity index (χ2v) is 7.59. The lowest BCUT2D eigenvalue weighted by Crippen LogP contribution is -2.30. The number of nitrogens with zero attached hydrogens (tertiary/aromatic N) is 4. The van der Waals surface area contributed by atoms with Crippen LogP contribution in [0.25, 0.3) is 5.69 Å². The molecule has 0 radical (unpaired) electrons. The van der Waals surface area contributed by atoms with E-state index in [4.69, 9.17) is 11.6 Å². The van der Waals surface area contributed by atoms with Crippen LogP contribution < -0.4 is 4.90 Å². The van der Waals surface area contributed by atoms with Crippen molar-refractivity contribution >= 4 is 35.0 Å². The number of anilines is 1. The van der Waals surface area contributed by atoms with Crippen LogP contribution in [0.1, 0.15) is 19.8 Å². The Hall–Kier alpha value is -1.67. The monoisotopic (exact) mass is 400 g/mol. The van der Waals surface area contributed by atoms with E-state index >= 15 is 0 Å². The molecule has 5 nitrogen and oxygen atoms in total. The minimum absolute atomic E-state index is 0.0296. The number of carbonyl (C=O) groups excluding carboxylic acids is 1. The quantitative estimate of drug-likeness (QED) is 0.627. The lowest BCUT2D eigenvalue weighted by Gasteiger charge is -2.19. The van der Waals surface area contributed by atoms with Crippen LogP contribution in [-0.2, 0) is 4.79 Å². The van der Waals surface area contributed by atoms with Gasteiger partial charge in [-0.3, -0.25) is 9.78 Å². The summed E-state index contributed by atoms with van der Waals surface area (Å²) in [7, 11) is 0. The van der Waals surface area contributed by atoms with Crippen LogP contribution in [0, 0.1) is 5.92 Å². The van der Waals surface area contributed by atoms with Crippen molar-refractivity contribution in [3.05, 3.63) is 35.9 Å².